The second kappa shape index (κ2) is 6.09. The lowest BCUT2D eigenvalue weighted by molar-refractivity contribution is 0.101. The Morgan fingerprint density at radius 1 is 1.38 bits per heavy atom. The molecule has 0 aliphatic heterocycles. The van der Waals surface area contributed by atoms with Crippen LogP contribution in [0.25, 0.3) is 10.2 Å². The maximum absolute atomic E-state index is 12.9. The van der Waals surface area contributed by atoms with Crippen molar-refractivity contribution in [2.75, 3.05) is 5.32 Å². The number of anilines is 1. The number of hydrogen-bond acceptors (Lipinski definition) is 3. The summed E-state index contributed by atoms with van der Waals surface area (Å²) in [6.45, 7) is 4.13. The Morgan fingerprint density at radius 2 is 2.17 bits per heavy atom. The van der Waals surface area contributed by atoms with Crippen LogP contribution in [0, 0.1) is 0 Å². The number of carbonyl (C=O) groups excluding carboxylic acids is 1. The molecule has 126 valence electrons. The highest BCUT2D eigenvalue weighted by Gasteiger charge is 2.25. The Labute approximate surface area is 145 Å². The summed E-state index contributed by atoms with van der Waals surface area (Å²) in [5.74, 6) is -0.0476. The summed E-state index contributed by atoms with van der Waals surface area (Å²) < 4.78 is 5.29. The van der Waals surface area contributed by atoms with E-state index in [9.17, 15) is 4.79 Å². The standard InChI is InChI=1S/C18H22N4OS/c1-12(2)21-11-13(10-19-21)20-18(23)16-9-17-15(7-8-24-17)22(16)14-5-3-4-6-14/h7-12,14H,3-6H2,1-2H3,(H,20,23). The van der Waals surface area contributed by atoms with Crippen LogP contribution in [0.2, 0.25) is 0 Å². The van der Waals surface area contributed by atoms with Crippen LogP contribution in [-0.4, -0.2) is 20.3 Å². The van der Waals surface area contributed by atoms with Gasteiger partial charge in [0.2, 0.25) is 0 Å². The fourth-order valence-corrected chi connectivity index (χ4v) is 4.37. The van der Waals surface area contributed by atoms with Crippen LogP contribution in [0.3, 0.4) is 0 Å². The van der Waals surface area contributed by atoms with Gasteiger partial charge in [-0.3, -0.25) is 9.48 Å². The van der Waals surface area contributed by atoms with E-state index in [0.29, 0.717) is 6.04 Å². The average molecular weight is 342 g/mol. The van der Waals surface area contributed by atoms with Crippen molar-refractivity contribution in [3.8, 4) is 0 Å². The van der Waals surface area contributed by atoms with Crippen LogP contribution >= 0.6 is 11.3 Å². The Morgan fingerprint density at radius 3 is 2.88 bits per heavy atom. The number of carbonyl (C=O) groups is 1. The van der Waals surface area contributed by atoms with Crippen molar-refractivity contribution in [2.24, 2.45) is 0 Å². The van der Waals surface area contributed by atoms with E-state index in [1.54, 1.807) is 17.5 Å². The lowest BCUT2D eigenvalue weighted by Gasteiger charge is -2.16. The number of amides is 1. The molecule has 4 rings (SSSR count). The first-order chi connectivity index (χ1) is 11.6. The number of aromatic nitrogens is 3. The largest absolute Gasteiger partial charge is 0.333 e. The number of hydrogen-bond donors (Lipinski definition) is 1. The summed E-state index contributed by atoms with van der Waals surface area (Å²) >= 11 is 1.70. The molecule has 1 N–H and O–H groups in total. The van der Waals surface area contributed by atoms with Gasteiger partial charge in [-0.1, -0.05) is 12.8 Å². The number of thiophene rings is 1. The van der Waals surface area contributed by atoms with Gasteiger partial charge < -0.3 is 9.88 Å². The van der Waals surface area contributed by atoms with Gasteiger partial charge in [0.05, 0.1) is 22.1 Å². The van der Waals surface area contributed by atoms with Crippen LogP contribution in [0.4, 0.5) is 5.69 Å². The quantitative estimate of drug-likeness (QED) is 0.737. The molecule has 0 bridgehead atoms. The molecule has 0 unspecified atom stereocenters. The van der Waals surface area contributed by atoms with Crippen molar-refractivity contribution in [1.82, 2.24) is 14.3 Å². The third-order valence-electron chi connectivity index (χ3n) is 4.77. The van der Waals surface area contributed by atoms with Gasteiger partial charge in [0.25, 0.3) is 5.91 Å². The summed E-state index contributed by atoms with van der Waals surface area (Å²) in [6.07, 6.45) is 8.40. The van der Waals surface area contributed by atoms with E-state index in [1.807, 2.05) is 16.9 Å². The first-order valence-corrected chi connectivity index (χ1v) is 9.45. The zero-order valence-electron chi connectivity index (χ0n) is 14.0. The third kappa shape index (κ3) is 2.65. The fourth-order valence-electron chi connectivity index (χ4n) is 3.56. The SMILES string of the molecule is CC(C)n1cc(NC(=O)c2cc3sccc3n2C2CCCC2)cn1. The number of rotatable bonds is 4. The summed E-state index contributed by atoms with van der Waals surface area (Å²) in [5.41, 5.74) is 2.70. The molecule has 0 atom stereocenters. The van der Waals surface area contributed by atoms with Crippen molar-refractivity contribution in [3.05, 3.63) is 35.6 Å². The third-order valence-corrected chi connectivity index (χ3v) is 5.62. The molecule has 0 saturated heterocycles. The van der Waals surface area contributed by atoms with Crippen molar-refractivity contribution >= 4 is 33.1 Å². The lowest BCUT2D eigenvalue weighted by Crippen LogP contribution is -2.19. The molecule has 1 aliphatic carbocycles. The predicted molar refractivity (Wildman–Crippen MR) is 97.9 cm³/mol. The van der Waals surface area contributed by atoms with Gasteiger partial charge in [-0.15, -0.1) is 11.3 Å². The Kier molecular flexibility index (Phi) is 3.92. The van der Waals surface area contributed by atoms with Crippen LogP contribution in [-0.2, 0) is 0 Å². The first-order valence-electron chi connectivity index (χ1n) is 8.57. The van der Waals surface area contributed by atoms with Gasteiger partial charge in [0, 0.05) is 18.3 Å². The maximum atomic E-state index is 12.9. The minimum absolute atomic E-state index is 0.0476. The van der Waals surface area contributed by atoms with E-state index >= 15 is 0 Å². The summed E-state index contributed by atoms with van der Waals surface area (Å²) in [6, 6.07) is 4.88. The van der Waals surface area contributed by atoms with Crippen molar-refractivity contribution in [3.63, 3.8) is 0 Å². The second-order valence-electron chi connectivity index (χ2n) is 6.76. The zero-order chi connectivity index (χ0) is 16.7. The molecule has 0 spiro atoms. The first kappa shape index (κ1) is 15.4. The Balaban J connectivity index is 1.65. The van der Waals surface area contributed by atoms with E-state index in [1.165, 1.54) is 23.1 Å². The highest BCUT2D eigenvalue weighted by Crippen LogP contribution is 2.36. The molecule has 3 heterocycles. The van der Waals surface area contributed by atoms with Gasteiger partial charge in [0.15, 0.2) is 0 Å². The van der Waals surface area contributed by atoms with Gasteiger partial charge >= 0.3 is 0 Å². The Hall–Kier alpha value is -2.08. The normalized spacial score (nSPS) is 15.6. The summed E-state index contributed by atoms with van der Waals surface area (Å²) in [4.78, 5) is 12.9. The molecule has 3 aromatic heterocycles. The van der Waals surface area contributed by atoms with Gasteiger partial charge in [0.1, 0.15) is 5.69 Å². The molecule has 1 amide bonds. The Bertz CT molecular complexity index is 867. The van der Waals surface area contributed by atoms with Gasteiger partial charge in [-0.2, -0.15) is 5.10 Å². The number of fused-ring (bicyclic) bond motifs is 1. The molecule has 1 fully saturated rings. The topological polar surface area (TPSA) is 51.9 Å². The zero-order valence-corrected chi connectivity index (χ0v) is 14.8. The van der Waals surface area contributed by atoms with Crippen LogP contribution in [0.15, 0.2) is 29.9 Å². The highest BCUT2D eigenvalue weighted by molar-refractivity contribution is 7.17. The lowest BCUT2D eigenvalue weighted by atomic mass is 10.2. The minimum atomic E-state index is -0.0476. The number of nitrogens with zero attached hydrogens (tertiary/aromatic N) is 3. The minimum Gasteiger partial charge on any atom is -0.333 e. The average Bonchev–Trinajstić information content (AvgIpc) is 3.30. The van der Waals surface area contributed by atoms with E-state index < -0.39 is 0 Å². The van der Waals surface area contributed by atoms with E-state index in [0.717, 1.165) is 24.2 Å². The number of nitrogens with one attached hydrogen (secondary N) is 1. The van der Waals surface area contributed by atoms with Crippen molar-refractivity contribution in [1.29, 1.82) is 0 Å². The molecule has 1 saturated carbocycles. The summed E-state index contributed by atoms with van der Waals surface area (Å²) in [5, 5.41) is 9.40. The van der Waals surface area contributed by atoms with E-state index in [4.69, 9.17) is 0 Å². The van der Waals surface area contributed by atoms with Crippen molar-refractivity contribution in [2.45, 2.75) is 51.6 Å². The molecule has 3 aromatic rings. The van der Waals surface area contributed by atoms with E-state index in [-0.39, 0.29) is 11.9 Å². The van der Waals surface area contributed by atoms with Crippen LogP contribution in [0.5, 0.6) is 0 Å². The van der Waals surface area contributed by atoms with Gasteiger partial charge in [-0.25, -0.2) is 0 Å². The maximum Gasteiger partial charge on any atom is 0.272 e. The molecule has 6 heteroatoms. The predicted octanol–water partition coefficient (Wildman–Crippen LogP) is 4.85. The molecule has 0 aromatic carbocycles. The van der Waals surface area contributed by atoms with E-state index in [2.05, 4.69) is 40.3 Å². The molecule has 5 nitrogen and oxygen atoms in total. The fraction of sp³-hybridized carbons (Fsp3) is 0.444. The molecular weight excluding hydrogens is 320 g/mol. The molecule has 24 heavy (non-hydrogen) atoms. The molecular formula is C18H22N4OS. The van der Waals surface area contributed by atoms with Crippen LogP contribution in [0.1, 0.15) is 62.1 Å². The second-order valence-corrected chi connectivity index (χ2v) is 7.71. The van der Waals surface area contributed by atoms with Crippen molar-refractivity contribution < 1.29 is 4.79 Å². The van der Waals surface area contributed by atoms with Gasteiger partial charge in [-0.05, 0) is 44.2 Å². The summed E-state index contributed by atoms with van der Waals surface area (Å²) in [7, 11) is 0. The van der Waals surface area contributed by atoms with Crippen LogP contribution < -0.4 is 5.32 Å². The monoisotopic (exact) mass is 342 g/mol. The smallest absolute Gasteiger partial charge is 0.272 e. The highest BCUT2D eigenvalue weighted by atomic mass is 32.1. The molecule has 0 radical (unpaired) electrons. The molecule has 1 aliphatic rings.